The second-order valence-corrected chi connectivity index (χ2v) is 5.54. The quantitative estimate of drug-likeness (QED) is 0.767. The highest BCUT2D eigenvalue weighted by Gasteiger charge is 2.15. The molecule has 0 aliphatic rings. The first-order valence-electron chi connectivity index (χ1n) is 5.51. The second kappa shape index (κ2) is 5.24. The maximum absolute atomic E-state index is 12.1. The maximum Gasteiger partial charge on any atom is 0.263 e. The first-order chi connectivity index (χ1) is 8.62. The van der Waals surface area contributed by atoms with Crippen LogP contribution in [0, 0.1) is 0 Å². The molecule has 1 aromatic carbocycles. The van der Waals surface area contributed by atoms with Gasteiger partial charge in [-0.25, -0.2) is 8.42 Å². The number of sulfonamides is 1. The number of nitrogens with one attached hydrogen (secondary N) is 3. The summed E-state index contributed by atoms with van der Waals surface area (Å²) in [5.74, 6) is 0. The molecule has 2 aromatic rings. The van der Waals surface area contributed by atoms with Crippen LogP contribution in [0.2, 0.25) is 0 Å². The predicted molar refractivity (Wildman–Crippen MR) is 70.8 cm³/mol. The van der Waals surface area contributed by atoms with E-state index < -0.39 is 10.0 Å². The van der Waals surface area contributed by atoms with Gasteiger partial charge in [-0.05, 0) is 25.2 Å². The van der Waals surface area contributed by atoms with Crippen molar-refractivity contribution < 1.29 is 8.42 Å². The minimum atomic E-state index is -3.52. The van der Waals surface area contributed by atoms with Crippen molar-refractivity contribution in [3.8, 4) is 0 Å². The number of aromatic amines is 1. The number of hydrogen-bond donors (Lipinski definition) is 3. The van der Waals surface area contributed by atoms with Crippen LogP contribution in [0.3, 0.4) is 0 Å². The third-order valence-corrected chi connectivity index (χ3v) is 3.78. The third kappa shape index (κ3) is 2.91. The number of aromatic nitrogens is 1. The average Bonchev–Trinajstić information content (AvgIpc) is 2.80. The molecule has 0 saturated carbocycles. The Hall–Kier alpha value is -1.79. The standard InChI is InChI=1S/C12H15N3O2S/c1-13-8-11-7-12(9-14-11)18(16,17)15-10-5-3-2-4-6-10/h2-7,9,13-15H,8H2,1H3. The van der Waals surface area contributed by atoms with Gasteiger partial charge in [-0.15, -0.1) is 0 Å². The van der Waals surface area contributed by atoms with Crippen LogP contribution < -0.4 is 10.0 Å². The van der Waals surface area contributed by atoms with Gasteiger partial charge < -0.3 is 10.3 Å². The number of anilines is 1. The highest BCUT2D eigenvalue weighted by atomic mass is 32.2. The van der Waals surface area contributed by atoms with Crippen LogP contribution in [0.1, 0.15) is 5.69 Å². The molecule has 18 heavy (non-hydrogen) atoms. The summed E-state index contributed by atoms with van der Waals surface area (Å²) >= 11 is 0. The van der Waals surface area contributed by atoms with Gasteiger partial charge in [0, 0.05) is 24.1 Å². The summed E-state index contributed by atoms with van der Waals surface area (Å²) in [6.45, 7) is 0.598. The first kappa shape index (κ1) is 12.7. The number of hydrogen-bond acceptors (Lipinski definition) is 3. The summed E-state index contributed by atoms with van der Waals surface area (Å²) < 4.78 is 26.7. The largest absolute Gasteiger partial charge is 0.363 e. The highest BCUT2D eigenvalue weighted by molar-refractivity contribution is 7.92. The monoisotopic (exact) mass is 265 g/mol. The molecule has 0 atom stereocenters. The van der Waals surface area contributed by atoms with Gasteiger partial charge in [-0.3, -0.25) is 4.72 Å². The fourth-order valence-electron chi connectivity index (χ4n) is 1.59. The van der Waals surface area contributed by atoms with Gasteiger partial charge >= 0.3 is 0 Å². The number of para-hydroxylation sites is 1. The SMILES string of the molecule is CNCc1cc(S(=O)(=O)Nc2ccccc2)c[nH]1. The lowest BCUT2D eigenvalue weighted by Gasteiger charge is -2.05. The van der Waals surface area contributed by atoms with Gasteiger partial charge in [0.15, 0.2) is 0 Å². The Morgan fingerprint density at radius 2 is 1.94 bits per heavy atom. The number of rotatable bonds is 5. The predicted octanol–water partition coefficient (Wildman–Crippen LogP) is 1.53. The Labute approximate surface area is 106 Å². The van der Waals surface area contributed by atoms with E-state index in [1.54, 1.807) is 37.4 Å². The third-order valence-electron chi connectivity index (χ3n) is 2.42. The van der Waals surface area contributed by atoms with E-state index in [-0.39, 0.29) is 4.90 Å². The lowest BCUT2D eigenvalue weighted by molar-refractivity contribution is 0.601. The Balaban J connectivity index is 2.20. The molecule has 1 heterocycles. The van der Waals surface area contributed by atoms with Gasteiger partial charge in [-0.2, -0.15) is 0 Å². The molecule has 0 fully saturated rings. The van der Waals surface area contributed by atoms with Gasteiger partial charge in [0.25, 0.3) is 10.0 Å². The van der Waals surface area contributed by atoms with Crippen molar-refractivity contribution in [2.24, 2.45) is 0 Å². The molecule has 5 nitrogen and oxygen atoms in total. The molecule has 0 unspecified atom stereocenters. The zero-order chi connectivity index (χ0) is 13.0. The van der Waals surface area contributed by atoms with Crippen LogP contribution in [0.15, 0.2) is 47.5 Å². The lowest BCUT2D eigenvalue weighted by Crippen LogP contribution is -2.12. The Morgan fingerprint density at radius 3 is 2.61 bits per heavy atom. The van der Waals surface area contributed by atoms with Crippen LogP contribution in [-0.2, 0) is 16.6 Å². The van der Waals surface area contributed by atoms with Crippen molar-refractivity contribution in [1.82, 2.24) is 10.3 Å². The van der Waals surface area contributed by atoms with Gasteiger partial charge in [0.05, 0.1) is 0 Å². The van der Waals surface area contributed by atoms with Crippen LogP contribution in [0.4, 0.5) is 5.69 Å². The molecule has 3 N–H and O–H groups in total. The number of benzene rings is 1. The van der Waals surface area contributed by atoms with Crippen LogP contribution in [0.25, 0.3) is 0 Å². The highest BCUT2D eigenvalue weighted by Crippen LogP contribution is 2.16. The average molecular weight is 265 g/mol. The second-order valence-electron chi connectivity index (χ2n) is 3.86. The summed E-state index contributed by atoms with van der Waals surface area (Å²) in [6, 6.07) is 10.4. The zero-order valence-corrected chi connectivity index (χ0v) is 10.8. The summed E-state index contributed by atoms with van der Waals surface area (Å²) in [6.07, 6.45) is 1.48. The Kier molecular flexibility index (Phi) is 3.69. The summed E-state index contributed by atoms with van der Waals surface area (Å²) in [5.41, 5.74) is 1.37. The molecule has 2 rings (SSSR count). The van der Waals surface area contributed by atoms with Gasteiger partial charge in [0.1, 0.15) is 4.90 Å². The fourth-order valence-corrected chi connectivity index (χ4v) is 2.66. The summed E-state index contributed by atoms with van der Waals surface area (Å²) in [5, 5.41) is 2.95. The lowest BCUT2D eigenvalue weighted by atomic mass is 10.3. The van der Waals surface area contributed by atoms with Gasteiger partial charge in [0.2, 0.25) is 0 Å². The van der Waals surface area contributed by atoms with Crippen molar-refractivity contribution in [2.75, 3.05) is 11.8 Å². The molecule has 1 aromatic heterocycles. The fraction of sp³-hybridized carbons (Fsp3) is 0.167. The van der Waals surface area contributed by atoms with Crippen molar-refractivity contribution in [3.63, 3.8) is 0 Å². The van der Waals surface area contributed by atoms with E-state index >= 15 is 0 Å². The molecule has 0 amide bonds. The molecule has 96 valence electrons. The Morgan fingerprint density at radius 1 is 1.22 bits per heavy atom. The molecule has 0 spiro atoms. The normalized spacial score (nSPS) is 11.4. The molecule has 6 heteroatoms. The minimum absolute atomic E-state index is 0.233. The van der Waals surface area contributed by atoms with Gasteiger partial charge in [-0.1, -0.05) is 18.2 Å². The summed E-state index contributed by atoms with van der Waals surface area (Å²) in [4.78, 5) is 3.15. The molecule has 0 aliphatic heterocycles. The van der Waals surface area contributed by atoms with Crippen molar-refractivity contribution in [2.45, 2.75) is 11.4 Å². The van der Waals surface area contributed by atoms with E-state index in [1.807, 2.05) is 6.07 Å². The van der Waals surface area contributed by atoms with Crippen molar-refractivity contribution >= 4 is 15.7 Å². The van der Waals surface area contributed by atoms with E-state index in [4.69, 9.17) is 0 Å². The molecule has 0 bridgehead atoms. The van der Waals surface area contributed by atoms with E-state index in [1.165, 1.54) is 6.20 Å². The van der Waals surface area contributed by atoms with Crippen LogP contribution in [0.5, 0.6) is 0 Å². The molecule has 0 aliphatic carbocycles. The van der Waals surface area contributed by atoms with Crippen molar-refractivity contribution in [3.05, 3.63) is 48.3 Å². The smallest absolute Gasteiger partial charge is 0.263 e. The van der Waals surface area contributed by atoms with E-state index in [0.29, 0.717) is 12.2 Å². The van der Waals surface area contributed by atoms with E-state index in [0.717, 1.165) is 5.69 Å². The van der Waals surface area contributed by atoms with E-state index in [2.05, 4.69) is 15.0 Å². The van der Waals surface area contributed by atoms with E-state index in [9.17, 15) is 8.42 Å². The zero-order valence-electron chi connectivity index (χ0n) is 9.97. The topological polar surface area (TPSA) is 74.0 Å². The Bertz CT molecular complexity index is 605. The number of H-pyrrole nitrogens is 1. The maximum atomic E-state index is 12.1. The molecule has 0 radical (unpaired) electrons. The first-order valence-corrected chi connectivity index (χ1v) is 7.00. The van der Waals surface area contributed by atoms with Crippen LogP contribution >= 0.6 is 0 Å². The van der Waals surface area contributed by atoms with Crippen molar-refractivity contribution in [1.29, 1.82) is 0 Å². The minimum Gasteiger partial charge on any atom is -0.363 e. The van der Waals surface area contributed by atoms with Crippen LogP contribution in [-0.4, -0.2) is 20.4 Å². The summed E-state index contributed by atoms with van der Waals surface area (Å²) in [7, 11) is -1.72. The molecular formula is C12H15N3O2S. The molecule has 0 saturated heterocycles. The molecular weight excluding hydrogens is 250 g/mol.